The normalized spacial score (nSPS) is 11.6. The van der Waals surface area contributed by atoms with E-state index in [9.17, 15) is 0 Å². The third-order valence-electron chi connectivity index (χ3n) is 18.4. The van der Waals surface area contributed by atoms with Crippen LogP contribution in [-0.4, -0.2) is 46.8 Å². The molecule has 0 spiro atoms. The average Bonchev–Trinajstić information content (AvgIpc) is 1.68. The fraction of sp³-hybridized carbons (Fsp3) is 0.558. The van der Waals surface area contributed by atoms with Crippen LogP contribution in [0, 0.1) is 0 Å². The minimum Gasteiger partial charge on any atom is -0.490 e. The van der Waals surface area contributed by atoms with E-state index in [1.807, 2.05) is 48.5 Å². The first-order valence-electron chi connectivity index (χ1n) is 38.7. The second-order valence-electron chi connectivity index (χ2n) is 26.8. The molecule has 0 radical (unpaired) electrons. The maximum absolute atomic E-state index is 6.45. The summed E-state index contributed by atoms with van der Waals surface area (Å²) in [6.07, 6.45) is 60.6. The maximum Gasteiger partial charge on any atom is 0.248 e. The predicted molar refractivity (Wildman–Crippen MR) is 404 cm³/mol. The van der Waals surface area contributed by atoms with Gasteiger partial charge in [0.2, 0.25) is 23.6 Å². The van der Waals surface area contributed by atoms with Crippen molar-refractivity contribution in [3.05, 3.63) is 131 Å². The molecule has 0 aliphatic heterocycles. The van der Waals surface area contributed by atoms with Gasteiger partial charge in [-0.05, 0) is 121 Å². The van der Waals surface area contributed by atoms with Crippen molar-refractivity contribution in [1.29, 1.82) is 0 Å². The summed E-state index contributed by atoms with van der Waals surface area (Å²) in [5, 5.41) is 17.6. The van der Waals surface area contributed by atoms with Crippen LogP contribution >= 0.6 is 0 Å². The van der Waals surface area contributed by atoms with Crippen molar-refractivity contribution >= 4 is 24.3 Å². The Bertz CT molecular complexity index is 2930. The lowest BCUT2D eigenvalue weighted by Gasteiger charge is -2.14. The molecule has 96 heavy (non-hydrogen) atoms. The molecule has 7 rings (SSSR count). The summed E-state index contributed by atoms with van der Waals surface area (Å²) in [4.78, 5) is 0. The molecule has 0 atom stereocenters. The zero-order valence-electron chi connectivity index (χ0n) is 60.1. The first-order chi connectivity index (χ1) is 47.5. The van der Waals surface area contributed by atoms with E-state index in [0.29, 0.717) is 50.0 Å². The molecule has 0 aliphatic carbocycles. The Labute approximate surface area is 580 Å². The quantitative estimate of drug-likeness (QED) is 0.0270. The maximum atomic E-state index is 6.45. The van der Waals surface area contributed by atoms with Gasteiger partial charge in [-0.3, -0.25) is 0 Å². The monoisotopic (exact) mass is 1310 g/mol. The van der Waals surface area contributed by atoms with Crippen LogP contribution in [0.25, 0.3) is 70.1 Å². The van der Waals surface area contributed by atoms with Crippen molar-refractivity contribution in [2.45, 2.75) is 285 Å². The van der Waals surface area contributed by atoms with Crippen LogP contribution < -0.4 is 18.9 Å². The van der Waals surface area contributed by atoms with Crippen LogP contribution in [-0.2, 0) is 0 Å². The Morgan fingerprint density at radius 3 is 0.677 bits per heavy atom. The predicted octanol–water partition coefficient (Wildman–Crippen LogP) is 26.7. The first-order valence-corrected chi connectivity index (χ1v) is 38.7. The van der Waals surface area contributed by atoms with Crippen LogP contribution in [0.3, 0.4) is 0 Å². The van der Waals surface area contributed by atoms with E-state index in [2.05, 4.69) is 133 Å². The van der Waals surface area contributed by atoms with Gasteiger partial charge >= 0.3 is 0 Å². The molecule has 0 N–H and O–H groups in total. The van der Waals surface area contributed by atoms with E-state index in [1.165, 1.54) is 231 Å². The minimum absolute atomic E-state index is 0.428. The van der Waals surface area contributed by atoms with Gasteiger partial charge < -0.3 is 27.8 Å². The third kappa shape index (κ3) is 30.6. The van der Waals surface area contributed by atoms with E-state index in [4.69, 9.17) is 27.8 Å². The lowest BCUT2D eigenvalue weighted by atomic mass is 10.1. The summed E-state index contributed by atoms with van der Waals surface area (Å²) in [7, 11) is 0. The number of aromatic nitrogens is 4. The van der Waals surface area contributed by atoms with Crippen molar-refractivity contribution in [3.8, 4) is 68.8 Å². The van der Waals surface area contributed by atoms with Gasteiger partial charge in [0.15, 0.2) is 23.0 Å². The minimum atomic E-state index is 0.428. The molecule has 0 aliphatic rings. The molecule has 2 heterocycles. The highest BCUT2D eigenvalue weighted by molar-refractivity contribution is 5.74. The van der Waals surface area contributed by atoms with Gasteiger partial charge in [0.1, 0.15) is 0 Å². The highest BCUT2D eigenvalue weighted by Gasteiger charge is 2.16. The molecule has 0 amide bonds. The molecule has 10 heteroatoms. The molecule has 0 saturated heterocycles. The summed E-state index contributed by atoms with van der Waals surface area (Å²) in [6, 6.07) is 36.7. The van der Waals surface area contributed by atoms with Gasteiger partial charge in [0, 0.05) is 22.3 Å². The van der Waals surface area contributed by atoms with Crippen molar-refractivity contribution < 1.29 is 27.8 Å². The summed E-state index contributed by atoms with van der Waals surface area (Å²) in [5.41, 5.74) is 7.52. The van der Waals surface area contributed by atoms with Crippen molar-refractivity contribution in [1.82, 2.24) is 20.4 Å². The van der Waals surface area contributed by atoms with Gasteiger partial charge in [0.25, 0.3) is 0 Å². The molecular weight excluding hydrogens is 1180 g/mol. The van der Waals surface area contributed by atoms with E-state index < -0.39 is 0 Å². The molecule has 0 fully saturated rings. The molecule has 0 unspecified atom stereocenters. The van der Waals surface area contributed by atoms with Gasteiger partial charge in [-0.2, -0.15) is 0 Å². The number of ether oxygens (including phenoxy) is 4. The number of hydrogen-bond donors (Lipinski definition) is 0. The number of rotatable bonds is 56. The average molecular weight is 1310 g/mol. The van der Waals surface area contributed by atoms with Crippen molar-refractivity contribution in [3.63, 3.8) is 0 Å². The summed E-state index contributed by atoms with van der Waals surface area (Å²) in [6.45, 7) is 12.0. The molecular formula is C86H122N4O6. The highest BCUT2D eigenvalue weighted by Crippen LogP contribution is 2.34. The van der Waals surface area contributed by atoms with Crippen LogP contribution in [0.5, 0.6) is 23.0 Å². The second-order valence-corrected chi connectivity index (χ2v) is 26.8. The lowest BCUT2D eigenvalue weighted by Crippen LogP contribution is -2.03. The Hall–Kier alpha value is -6.94. The summed E-state index contributed by atoms with van der Waals surface area (Å²) in [5.74, 6) is 5.09. The number of nitrogens with zero attached hydrogens (tertiary/aromatic N) is 4. The summed E-state index contributed by atoms with van der Waals surface area (Å²) >= 11 is 0. The number of unbranched alkanes of at least 4 members (excludes halogenated alkanes) is 36. The molecule has 2 aromatic heterocycles. The van der Waals surface area contributed by atoms with Crippen LogP contribution in [0.15, 0.2) is 118 Å². The van der Waals surface area contributed by atoms with Gasteiger partial charge in [0.05, 0.1) is 26.4 Å². The lowest BCUT2D eigenvalue weighted by molar-refractivity contribution is 0.258. The topological polar surface area (TPSA) is 115 Å². The Morgan fingerprint density at radius 2 is 0.427 bits per heavy atom. The zero-order valence-corrected chi connectivity index (χ0v) is 60.1. The van der Waals surface area contributed by atoms with Crippen LogP contribution in [0.2, 0.25) is 0 Å². The Morgan fingerprint density at radius 1 is 0.229 bits per heavy atom. The highest BCUT2D eigenvalue weighted by atomic mass is 16.5. The fourth-order valence-corrected chi connectivity index (χ4v) is 12.3. The van der Waals surface area contributed by atoms with Gasteiger partial charge in [-0.1, -0.05) is 320 Å². The molecule has 10 nitrogen and oxygen atoms in total. The van der Waals surface area contributed by atoms with E-state index in [1.54, 1.807) is 0 Å². The van der Waals surface area contributed by atoms with Crippen LogP contribution in [0.4, 0.5) is 0 Å². The largest absolute Gasteiger partial charge is 0.490 e. The SMILES string of the molecule is CCCCCCCCCCCCOc1ccc(/C=C/c2ccc(-c3nnc(-c4ccc(-c5nnc(-c6ccc(/C=C/c7ccc(OCCCCCCCCCCCC)c(OCCCCCCCCCCCC)c7)cc6)o5)cc4)o3)cc2)cc1OCCCCCCCCCCCC. The third-order valence-corrected chi connectivity index (χ3v) is 18.4. The first kappa shape index (κ1) is 76.4. The molecule has 5 aromatic carbocycles. The van der Waals surface area contributed by atoms with Crippen molar-refractivity contribution in [2.75, 3.05) is 26.4 Å². The van der Waals surface area contributed by atoms with E-state index in [0.717, 1.165) is 93.2 Å². The number of hydrogen-bond acceptors (Lipinski definition) is 10. The Balaban J connectivity index is 0.877. The standard InChI is InChI=1S/C86H122N4O6/c1-5-9-13-17-21-25-29-33-37-41-65-91-79-63-53-73(69-81(79)93-67-43-39-35-31-27-23-19-15-11-7-3)47-45-71-49-55-75(56-50-71)83-87-89-85(95-83)77-59-61-78(62-60-77)86-90-88-84(96-86)76-57-51-72(52-58-76)46-48-74-54-64-80(92-66-42-38-34-30-26-22-18-14-10-6-2)82(70-74)94-68-44-40-36-32-28-24-20-16-12-8-4/h45-64,69-70H,5-44,65-68H2,1-4H3/b47-45+,48-46+. The number of benzene rings is 5. The van der Waals surface area contributed by atoms with Crippen molar-refractivity contribution in [2.24, 2.45) is 0 Å². The van der Waals surface area contributed by atoms with Crippen LogP contribution in [0.1, 0.15) is 307 Å². The smallest absolute Gasteiger partial charge is 0.248 e. The van der Waals surface area contributed by atoms with Gasteiger partial charge in [-0.25, -0.2) is 0 Å². The van der Waals surface area contributed by atoms with Gasteiger partial charge in [-0.15, -0.1) is 20.4 Å². The molecule has 7 aromatic rings. The zero-order chi connectivity index (χ0) is 67.0. The van der Waals surface area contributed by atoms with E-state index >= 15 is 0 Å². The summed E-state index contributed by atoms with van der Waals surface area (Å²) < 4.78 is 38.1. The van der Waals surface area contributed by atoms with E-state index in [-0.39, 0.29) is 0 Å². The second kappa shape index (κ2) is 48.7. The molecule has 522 valence electrons. The fourth-order valence-electron chi connectivity index (χ4n) is 12.3. The Kier molecular flexibility index (Phi) is 38.8. The molecule has 0 bridgehead atoms. The molecule has 0 saturated carbocycles.